The second-order valence-electron chi connectivity index (χ2n) is 5.61. The van der Waals surface area contributed by atoms with E-state index < -0.39 is 0 Å². The fraction of sp³-hybridized carbons (Fsp3) is 0.375. The molecule has 0 unspecified atom stereocenters. The molecule has 1 fully saturated rings. The van der Waals surface area contributed by atoms with Gasteiger partial charge in [0.05, 0.1) is 17.1 Å². The number of nitrogens with two attached hydrogens (primary N) is 1. The monoisotopic (exact) mass is 268 g/mol. The van der Waals surface area contributed by atoms with Gasteiger partial charge in [-0.05, 0) is 43.5 Å². The van der Waals surface area contributed by atoms with Crippen molar-refractivity contribution in [2.75, 3.05) is 23.7 Å². The molecule has 0 bridgehead atoms. The van der Waals surface area contributed by atoms with Gasteiger partial charge in [0.25, 0.3) is 0 Å². The van der Waals surface area contributed by atoms with Crippen molar-refractivity contribution < 1.29 is 0 Å². The van der Waals surface area contributed by atoms with Crippen molar-refractivity contribution in [1.29, 1.82) is 0 Å². The third kappa shape index (κ3) is 2.46. The Kier molecular flexibility index (Phi) is 3.30. The highest BCUT2D eigenvalue weighted by atomic mass is 15.2. The molecule has 104 valence electrons. The van der Waals surface area contributed by atoms with Crippen molar-refractivity contribution >= 4 is 11.5 Å². The lowest BCUT2D eigenvalue weighted by atomic mass is 10.1. The first-order chi connectivity index (χ1) is 9.63. The fourth-order valence-electron chi connectivity index (χ4n) is 2.63. The summed E-state index contributed by atoms with van der Waals surface area (Å²) in [5, 5.41) is 0. The van der Waals surface area contributed by atoms with E-state index in [0.717, 1.165) is 47.5 Å². The lowest BCUT2D eigenvalue weighted by Crippen LogP contribution is -2.20. The molecule has 1 aliphatic rings. The molecular formula is C16H20N4. The minimum absolute atomic E-state index is 0.733. The van der Waals surface area contributed by atoms with Crippen LogP contribution in [0.5, 0.6) is 0 Å². The van der Waals surface area contributed by atoms with Crippen LogP contribution >= 0.6 is 0 Å². The van der Waals surface area contributed by atoms with Crippen molar-refractivity contribution in [2.24, 2.45) is 5.92 Å². The van der Waals surface area contributed by atoms with Crippen LogP contribution in [0.3, 0.4) is 0 Å². The van der Waals surface area contributed by atoms with E-state index in [1.54, 1.807) is 0 Å². The lowest BCUT2D eigenvalue weighted by Gasteiger charge is -2.17. The highest BCUT2D eigenvalue weighted by molar-refractivity contribution is 5.65. The maximum absolute atomic E-state index is 5.83. The normalized spacial score (nSPS) is 18.5. The van der Waals surface area contributed by atoms with Crippen LogP contribution in [0.15, 0.2) is 30.5 Å². The van der Waals surface area contributed by atoms with Crippen LogP contribution < -0.4 is 10.6 Å². The number of rotatable bonds is 2. The van der Waals surface area contributed by atoms with Gasteiger partial charge in [-0.3, -0.25) is 4.98 Å². The summed E-state index contributed by atoms with van der Waals surface area (Å²) in [6.45, 7) is 6.40. The Bertz CT molecular complexity index is 624. The Morgan fingerprint density at radius 1 is 1.30 bits per heavy atom. The second kappa shape index (κ2) is 5.12. The number of hydrogen-bond donors (Lipinski definition) is 1. The molecule has 0 radical (unpaired) electrons. The highest BCUT2D eigenvalue weighted by Crippen LogP contribution is 2.26. The van der Waals surface area contributed by atoms with Crippen LogP contribution in [0.25, 0.3) is 11.3 Å². The predicted molar refractivity (Wildman–Crippen MR) is 82.6 cm³/mol. The fourth-order valence-corrected chi connectivity index (χ4v) is 2.63. The maximum Gasteiger partial charge on any atom is 0.129 e. The third-order valence-corrected chi connectivity index (χ3v) is 3.92. The summed E-state index contributed by atoms with van der Waals surface area (Å²) < 4.78 is 0. The van der Waals surface area contributed by atoms with E-state index in [4.69, 9.17) is 5.73 Å². The minimum Gasteiger partial charge on any atom is -0.397 e. The molecule has 1 saturated heterocycles. The number of aromatic nitrogens is 2. The highest BCUT2D eigenvalue weighted by Gasteiger charge is 2.20. The topological polar surface area (TPSA) is 55.0 Å². The average molecular weight is 268 g/mol. The molecule has 0 aliphatic carbocycles. The van der Waals surface area contributed by atoms with E-state index in [9.17, 15) is 0 Å². The van der Waals surface area contributed by atoms with Gasteiger partial charge in [-0.2, -0.15) is 0 Å². The minimum atomic E-state index is 0.733. The van der Waals surface area contributed by atoms with Crippen LogP contribution in [0.2, 0.25) is 0 Å². The van der Waals surface area contributed by atoms with E-state index in [-0.39, 0.29) is 0 Å². The summed E-state index contributed by atoms with van der Waals surface area (Å²) in [6, 6.07) is 8.00. The van der Waals surface area contributed by atoms with Gasteiger partial charge in [0.2, 0.25) is 0 Å². The second-order valence-corrected chi connectivity index (χ2v) is 5.61. The molecule has 1 atom stereocenters. The Labute approximate surface area is 119 Å². The van der Waals surface area contributed by atoms with Crippen molar-refractivity contribution in [3.05, 3.63) is 36.2 Å². The first kappa shape index (κ1) is 12.9. The molecule has 0 spiro atoms. The van der Waals surface area contributed by atoms with Crippen molar-refractivity contribution in [2.45, 2.75) is 20.3 Å². The summed E-state index contributed by atoms with van der Waals surface area (Å²) in [5.41, 5.74) is 9.48. The Hall–Kier alpha value is -2.10. The van der Waals surface area contributed by atoms with Crippen LogP contribution in [0, 0.1) is 12.8 Å². The number of aryl methyl sites for hydroxylation is 1. The zero-order valence-electron chi connectivity index (χ0n) is 12.0. The zero-order chi connectivity index (χ0) is 14.1. The molecule has 2 aromatic rings. The molecule has 1 aliphatic heterocycles. The molecule has 0 saturated carbocycles. The summed E-state index contributed by atoms with van der Waals surface area (Å²) in [6.07, 6.45) is 3.10. The molecule has 0 amide bonds. The molecule has 2 aromatic heterocycles. The van der Waals surface area contributed by atoms with Crippen molar-refractivity contribution in [1.82, 2.24) is 9.97 Å². The summed E-state index contributed by atoms with van der Waals surface area (Å²) in [5.74, 6) is 1.79. The standard InChI is InChI=1S/C16H20N4/c1-11-6-8-20(10-11)16-9-13(5-7-18-16)15-4-3-14(17)12(2)19-15/h3-5,7,9,11H,6,8,10,17H2,1-2H3/t11-/m1/s1. The Balaban J connectivity index is 1.92. The number of nitrogens with zero attached hydrogens (tertiary/aromatic N) is 3. The SMILES string of the molecule is Cc1nc(-c2ccnc(N3CC[C@@H](C)C3)c2)ccc1N. The molecule has 4 nitrogen and oxygen atoms in total. The first-order valence-corrected chi connectivity index (χ1v) is 7.08. The van der Waals surface area contributed by atoms with Gasteiger partial charge in [0, 0.05) is 24.8 Å². The smallest absolute Gasteiger partial charge is 0.129 e. The first-order valence-electron chi connectivity index (χ1n) is 7.08. The summed E-state index contributed by atoms with van der Waals surface area (Å²) in [7, 11) is 0. The number of nitrogen functional groups attached to an aromatic ring is 1. The molecule has 4 heteroatoms. The average Bonchev–Trinajstić information content (AvgIpc) is 2.89. The van der Waals surface area contributed by atoms with E-state index in [1.165, 1.54) is 6.42 Å². The van der Waals surface area contributed by atoms with Crippen molar-refractivity contribution in [3.63, 3.8) is 0 Å². The van der Waals surface area contributed by atoms with Crippen LogP contribution in [-0.4, -0.2) is 23.1 Å². The predicted octanol–water partition coefficient (Wildman–Crippen LogP) is 2.88. The molecule has 20 heavy (non-hydrogen) atoms. The Morgan fingerprint density at radius 3 is 2.85 bits per heavy atom. The molecule has 3 rings (SSSR count). The number of anilines is 2. The zero-order valence-corrected chi connectivity index (χ0v) is 12.0. The van der Waals surface area contributed by atoms with E-state index >= 15 is 0 Å². The van der Waals surface area contributed by atoms with Gasteiger partial charge in [-0.25, -0.2) is 4.98 Å². The maximum atomic E-state index is 5.83. The quantitative estimate of drug-likeness (QED) is 0.910. The van der Waals surface area contributed by atoms with Crippen LogP contribution in [0.1, 0.15) is 19.0 Å². The largest absolute Gasteiger partial charge is 0.397 e. The van der Waals surface area contributed by atoms with Crippen LogP contribution in [-0.2, 0) is 0 Å². The lowest BCUT2D eigenvalue weighted by molar-refractivity contribution is 0.659. The third-order valence-electron chi connectivity index (χ3n) is 3.92. The van der Waals surface area contributed by atoms with Gasteiger partial charge in [-0.1, -0.05) is 6.92 Å². The molecule has 0 aromatic carbocycles. The summed E-state index contributed by atoms with van der Waals surface area (Å²) >= 11 is 0. The molecule has 3 heterocycles. The van der Waals surface area contributed by atoms with Gasteiger partial charge in [0.15, 0.2) is 0 Å². The summed E-state index contributed by atoms with van der Waals surface area (Å²) in [4.78, 5) is 11.4. The van der Waals surface area contributed by atoms with E-state index in [1.807, 2.05) is 31.3 Å². The van der Waals surface area contributed by atoms with Gasteiger partial charge < -0.3 is 10.6 Å². The van der Waals surface area contributed by atoms with E-state index in [0.29, 0.717) is 0 Å². The number of hydrogen-bond acceptors (Lipinski definition) is 4. The molecule has 2 N–H and O–H groups in total. The Morgan fingerprint density at radius 2 is 2.15 bits per heavy atom. The number of pyridine rings is 2. The molecular weight excluding hydrogens is 248 g/mol. The van der Waals surface area contributed by atoms with Gasteiger partial charge in [0.1, 0.15) is 5.82 Å². The van der Waals surface area contributed by atoms with Gasteiger partial charge >= 0.3 is 0 Å². The van der Waals surface area contributed by atoms with Gasteiger partial charge in [-0.15, -0.1) is 0 Å². The van der Waals surface area contributed by atoms with E-state index in [2.05, 4.69) is 27.9 Å². The van der Waals surface area contributed by atoms with Crippen molar-refractivity contribution in [3.8, 4) is 11.3 Å². The van der Waals surface area contributed by atoms with Crippen LogP contribution in [0.4, 0.5) is 11.5 Å².